The van der Waals surface area contributed by atoms with Crippen LogP contribution in [0.4, 0.5) is 4.39 Å². The summed E-state index contributed by atoms with van der Waals surface area (Å²) in [6, 6.07) is 13.6. The molecule has 1 N–H and O–H groups in total. The zero-order chi connectivity index (χ0) is 15.9. The summed E-state index contributed by atoms with van der Waals surface area (Å²) in [5.74, 6) is 0.376. The number of aryl methyl sites for hydroxylation is 1. The number of rotatable bonds is 6. The third-order valence-electron chi connectivity index (χ3n) is 3.21. The highest BCUT2D eigenvalue weighted by Crippen LogP contribution is 2.11. The van der Waals surface area contributed by atoms with Gasteiger partial charge in [0.2, 0.25) is 5.91 Å². The Morgan fingerprint density at radius 1 is 1.14 bits per heavy atom. The van der Waals surface area contributed by atoms with E-state index in [4.69, 9.17) is 4.74 Å². The molecule has 0 bridgehead atoms. The summed E-state index contributed by atoms with van der Waals surface area (Å²) in [6.45, 7) is 4.30. The lowest BCUT2D eigenvalue weighted by molar-refractivity contribution is -0.121. The number of hydrogen-bond donors (Lipinski definition) is 1. The molecule has 0 aliphatic heterocycles. The largest absolute Gasteiger partial charge is 0.491 e. The fourth-order valence-corrected chi connectivity index (χ4v) is 2.01. The molecule has 22 heavy (non-hydrogen) atoms. The van der Waals surface area contributed by atoms with Crippen molar-refractivity contribution in [3.05, 3.63) is 65.5 Å². The molecule has 0 aliphatic rings. The highest BCUT2D eigenvalue weighted by molar-refractivity contribution is 5.78. The molecule has 0 fully saturated rings. The van der Waals surface area contributed by atoms with Gasteiger partial charge in [-0.15, -0.1) is 0 Å². The molecule has 2 aromatic rings. The summed E-state index contributed by atoms with van der Waals surface area (Å²) >= 11 is 0. The van der Waals surface area contributed by atoms with Crippen molar-refractivity contribution in [3.8, 4) is 5.75 Å². The molecule has 0 radical (unpaired) electrons. The van der Waals surface area contributed by atoms with Gasteiger partial charge in [0.1, 0.15) is 18.2 Å². The van der Waals surface area contributed by atoms with Crippen molar-refractivity contribution in [2.24, 2.45) is 0 Å². The van der Waals surface area contributed by atoms with Gasteiger partial charge in [-0.3, -0.25) is 4.79 Å². The zero-order valence-electron chi connectivity index (χ0n) is 12.8. The first-order valence-corrected chi connectivity index (χ1v) is 7.26. The normalized spacial score (nSPS) is 11.8. The van der Waals surface area contributed by atoms with Crippen LogP contribution in [0.2, 0.25) is 0 Å². The van der Waals surface area contributed by atoms with Crippen molar-refractivity contribution in [1.29, 1.82) is 0 Å². The van der Waals surface area contributed by atoms with Gasteiger partial charge in [-0.1, -0.05) is 29.8 Å². The standard InChI is InChI=1S/C18H20FNO2/c1-13-3-9-17(10-4-13)22-12-14(2)20-18(21)11-15-5-7-16(19)8-6-15/h3-10,14H,11-12H2,1-2H3,(H,20,21). The summed E-state index contributed by atoms with van der Waals surface area (Å²) < 4.78 is 18.4. The predicted octanol–water partition coefficient (Wildman–Crippen LogP) is 3.26. The summed E-state index contributed by atoms with van der Waals surface area (Å²) in [7, 11) is 0. The second-order valence-corrected chi connectivity index (χ2v) is 5.40. The van der Waals surface area contributed by atoms with Crippen LogP contribution in [0.3, 0.4) is 0 Å². The molecule has 3 nitrogen and oxygen atoms in total. The van der Waals surface area contributed by atoms with E-state index in [0.717, 1.165) is 11.3 Å². The fraction of sp³-hybridized carbons (Fsp3) is 0.278. The van der Waals surface area contributed by atoms with Gasteiger partial charge in [0.25, 0.3) is 0 Å². The number of carbonyl (C=O) groups excluding carboxylic acids is 1. The van der Waals surface area contributed by atoms with Crippen LogP contribution in [0, 0.1) is 12.7 Å². The second kappa shape index (κ2) is 7.59. The molecule has 0 saturated carbocycles. The predicted molar refractivity (Wildman–Crippen MR) is 84.4 cm³/mol. The number of amides is 1. The fourth-order valence-electron chi connectivity index (χ4n) is 2.01. The minimum absolute atomic E-state index is 0.103. The van der Waals surface area contributed by atoms with Crippen LogP contribution < -0.4 is 10.1 Å². The number of ether oxygens (including phenoxy) is 1. The molecule has 1 amide bonds. The van der Waals surface area contributed by atoms with Gasteiger partial charge in [0.15, 0.2) is 0 Å². The lowest BCUT2D eigenvalue weighted by Crippen LogP contribution is -2.37. The molecular formula is C18H20FNO2. The molecule has 116 valence electrons. The number of carbonyl (C=O) groups is 1. The summed E-state index contributed by atoms with van der Waals surface area (Å²) in [4.78, 5) is 11.9. The molecule has 0 aliphatic carbocycles. The third-order valence-corrected chi connectivity index (χ3v) is 3.21. The van der Waals surface area contributed by atoms with Crippen molar-refractivity contribution < 1.29 is 13.9 Å². The van der Waals surface area contributed by atoms with Gasteiger partial charge in [-0.05, 0) is 43.7 Å². The number of nitrogens with one attached hydrogen (secondary N) is 1. The van der Waals surface area contributed by atoms with Crippen molar-refractivity contribution >= 4 is 5.91 Å². The van der Waals surface area contributed by atoms with Gasteiger partial charge in [-0.2, -0.15) is 0 Å². The van der Waals surface area contributed by atoms with Crippen molar-refractivity contribution in [2.45, 2.75) is 26.3 Å². The van der Waals surface area contributed by atoms with Crippen LogP contribution in [0.15, 0.2) is 48.5 Å². The Hall–Kier alpha value is -2.36. The van der Waals surface area contributed by atoms with E-state index in [1.807, 2.05) is 38.1 Å². The van der Waals surface area contributed by atoms with E-state index in [1.54, 1.807) is 12.1 Å². The van der Waals surface area contributed by atoms with Gasteiger partial charge < -0.3 is 10.1 Å². The molecule has 2 aromatic carbocycles. The molecule has 2 rings (SSSR count). The molecule has 1 unspecified atom stereocenters. The van der Waals surface area contributed by atoms with E-state index >= 15 is 0 Å². The monoisotopic (exact) mass is 301 g/mol. The minimum atomic E-state index is -0.302. The quantitative estimate of drug-likeness (QED) is 0.889. The van der Waals surface area contributed by atoms with Crippen LogP contribution in [0.1, 0.15) is 18.1 Å². The van der Waals surface area contributed by atoms with E-state index in [0.29, 0.717) is 6.61 Å². The Morgan fingerprint density at radius 2 is 1.77 bits per heavy atom. The van der Waals surface area contributed by atoms with Crippen molar-refractivity contribution in [1.82, 2.24) is 5.32 Å². The van der Waals surface area contributed by atoms with E-state index in [1.165, 1.54) is 17.7 Å². The SMILES string of the molecule is Cc1ccc(OCC(C)NC(=O)Cc2ccc(F)cc2)cc1. The van der Waals surface area contributed by atoms with Crippen LogP contribution in [-0.4, -0.2) is 18.6 Å². The summed E-state index contributed by atoms with van der Waals surface area (Å²) in [6.07, 6.45) is 0.231. The molecule has 4 heteroatoms. The highest BCUT2D eigenvalue weighted by atomic mass is 19.1. The Labute approximate surface area is 130 Å². The number of hydrogen-bond acceptors (Lipinski definition) is 2. The molecular weight excluding hydrogens is 281 g/mol. The zero-order valence-corrected chi connectivity index (χ0v) is 12.8. The maximum Gasteiger partial charge on any atom is 0.224 e. The van der Waals surface area contributed by atoms with E-state index in [-0.39, 0.29) is 24.2 Å². The average molecular weight is 301 g/mol. The maximum absolute atomic E-state index is 12.8. The van der Waals surface area contributed by atoms with Crippen LogP contribution in [0.5, 0.6) is 5.75 Å². The maximum atomic E-state index is 12.8. The topological polar surface area (TPSA) is 38.3 Å². The third kappa shape index (κ3) is 5.20. The van der Waals surface area contributed by atoms with E-state index in [9.17, 15) is 9.18 Å². The second-order valence-electron chi connectivity index (χ2n) is 5.40. The highest BCUT2D eigenvalue weighted by Gasteiger charge is 2.09. The first-order valence-electron chi connectivity index (χ1n) is 7.26. The summed E-state index contributed by atoms with van der Waals surface area (Å²) in [5, 5.41) is 2.87. The molecule has 0 saturated heterocycles. The lowest BCUT2D eigenvalue weighted by atomic mass is 10.1. The van der Waals surface area contributed by atoms with Crippen molar-refractivity contribution in [3.63, 3.8) is 0 Å². The average Bonchev–Trinajstić information content (AvgIpc) is 2.49. The smallest absolute Gasteiger partial charge is 0.224 e. The number of benzene rings is 2. The van der Waals surface area contributed by atoms with Gasteiger partial charge in [0, 0.05) is 0 Å². The molecule has 0 spiro atoms. The van der Waals surface area contributed by atoms with Gasteiger partial charge >= 0.3 is 0 Å². The lowest BCUT2D eigenvalue weighted by Gasteiger charge is -2.15. The van der Waals surface area contributed by atoms with Crippen molar-refractivity contribution in [2.75, 3.05) is 6.61 Å². The summed E-state index contributed by atoms with van der Waals surface area (Å²) in [5.41, 5.74) is 1.96. The van der Waals surface area contributed by atoms with Gasteiger partial charge in [0.05, 0.1) is 12.5 Å². The number of halogens is 1. The van der Waals surface area contributed by atoms with E-state index < -0.39 is 0 Å². The Balaban J connectivity index is 1.76. The molecule has 0 heterocycles. The first kappa shape index (κ1) is 16.0. The van der Waals surface area contributed by atoms with Crippen LogP contribution in [0.25, 0.3) is 0 Å². The van der Waals surface area contributed by atoms with Gasteiger partial charge in [-0.25, -0.2) is 4.39 Å². The molecule has 1 atom stereocenters. The molecule has 0 aromatic heterocycles. The Morgan fingerprint density at radius 3 is 2.41 bits per heavy atom. The Bertz CT molecular complexity index is 608. The van der Waals surface area contributed by atoms with E-state index in [2.05, 4.69) is 5.32 Å². The van der Waals surface area contributed by atoms with Crippen LogP contribution >= 0.6 is 0 Å². The minimum Gasteiger partial charge on any atom is -0.491 e. The first-order chi connectivity index (χ1) is 10.5. The Kier molecular flexibility index (Phi) is 5.53. The van der Waals surface area contributed by atoms with Crippen LogP contribution in [-0.2, 0) is 11.2 Å².